The minimum Gasteiger partial charge on any atom is -0.497 e. The summed E-state index contributed by atoms with van der Waals surface area (Å²) in [5.41, 5.74) is 1.59. The molecule has 2 N–H and O–H groups in total. The van der Waals surface area contributed by atoms with Crippen LogP contribution in [0.4, 0.5) is 11.6 Å². The Kier molecular flexibility index (Phi) is 2.68. The first-order valence-corrected chi connectivity index (χ1v) is 6.69. The predicted octanol–water partition coefficient (Wildman–Crippen LogP) is 1.99. The highest BCUT2D eigenvalue weighted by atomic mass is 16.5. The van der Waals surface area contributed by atoms with Crippen LogP contribution in [0, 0.1) is 0 Å². The fourth-order valence-electron chi connectivity index (χ4n) is 2.42. The Morgan fingerprint density at radius 1 is 1.27 bits per heavy atom. The summed E-state index contributed by atoms with van der Waals surface area (Å²) in [6.07, 6.45) is 3.49. The summed E-state index contributed by atoms with van der Waals surface area (Å²) in [7, 11) is 3.40. The van der Waals surface area contributed by atoms with Crippen molar-refractivity contribution in [3.8, 4) is 5.75 Å². The van der Waals surface area contributed by atoms with Crippen molar-refractivity contribution in [1.29, 1.82) is 0 Å². The second-order valence-corrected chi connectivity index (χ2v) is 4.84. The van der Waals surface area contributed by atoms with E-state index in [4.69, 9.17) is 4.74 Å². The summed E-state index contributed by atoms with van der Waals surface area (Å²) in [4.78, 5) is 6.11. The van der Waals surface area contributed by atoms with Crippen molar-refractivity contribution in [3.63, 3.8) is 0 Å². The van der Waals surface area contributed by atoms with Crippen LogP contribution in [-0.4, -0.2) is 37.3 Å². The Hall–Kier alpha value is -3.16. The van der Waals surface area contributed by atoms with E-state index in [-0.39, 0.29) is 0 Å². The molecule has 110 valence electrons. The average molecular weight is 295 g/mol. The smallest absolute Gasteiger partial charge is 0.174 e. The molecule has 1 aromatic carbocycles. The van der Waals surface area contributed by atoms with Gasteiger partial charge in [-0.15, -0.1) is 5.10 Å². The molecule has 8 heteroatoms. The topological polar surface area (TPSA) is 93.5 Å². The van der Waals surface area contributed by atoms with Crippen LogP contribution in [0.25, 0.3) is 21.8 Å². The number of rotatable bonds is 3. The number of hydrogen-bond acceptors (Lipinski definition) is 6. The number of nitrogens with zero attached hydrogens (tertiary/aromatic N) is 5. The molecular weight excluding hydrogens is 282 g/mol. The van der Waals surface area contributed by atoms with Crippen molar-refractivity contribution < 1.29 is 4.74 Å². The Labute approximate surface area is 125 Å². The van der Waals surface area contributed by atoms with Crippen LogP contribution >= 0.6 is 0 Å². The van der Waals surface area contributed by atoms with Crippen molar-refractivity contribution in [2.75, 3.05) is 12.4 Å². The highest BCUT2D eigenvalue weighted by Gasteiger charge is 2.12. The molecule has 22 heavy (non-hydrogen) atoms. The van der Waals surface area contributed by atoms with E-state index < -0.39 is 0 Å². The molecule has 0 saturated heterocycles. The second kappa shape index (κ2) is 4.69. The first kappa shape index (κ1) is 12.6. The number of nitrogens with one attached hydrogen (secondary N) is 2. The van der Waals surface area contributed by atoms with Gasteiger partial charge in [-0.1, -0.05) is 0 Å². The van der Waals surface area contributed by atoms with Gasteiger partial charge in [-0.3, -0.25) is 5.10 Å². The number of aryl methyl sites for hydroxylation is 1. The zero-order valence-electron chi connectivity index (χ0n) is 12.0. The number of benzene rings is 1. The first-order valence-electron chi connectivity index (χ1n) is 6.69. The number of aromatic nitrogens is 6. The van der Waals surface area contributed by atoms with Crippen LogP contribution < -0.4 is 10.1 Å². The van der Waals surface area contributed by atoms with Gasteiger partial charge in [-0.05, 0) is 18.2 Å². The number of ether oxygens (including phenoxy) is 1. The van der Waals surface area contributed by atoms with Crippen LogP contribution in [0.1, 0.15) is 0 Å². The summed E-state index contributed by atoms with van der Waals surface area (Å²) in [5, 5.41) is 20.5. The lowest BCUT2D eigenvalue weighted by Gasteiger charge is -2.07. The average Bonchev–Trinajstić information content (AvgIpc) is 3.16. The van der Waals surface area contributed by atoms with E-state index in [1.165, 1.54) is 4.80 Å². The highest BCUT2D eigenvalue weighted by Crippen LogP contribution is 2.31. The molecule has 3 heterocycles. The second-order valence-electron chi connectivity index (χ2n) is 4.84. The lowest BCUT2D eigenvalue weighted by atomic mass is 10.1. The maximum absolute atomic E-state index is 5.28. The van der Waals surface area contributed by atoms with Crippen molar-refractivity contribution in [1.82, 2.24) is 30.2 Å². The maximum atomic E-state index is 5.28. The number of pyridine rings is 1. The monoisotopic (exact) mass is 295 g/mol. The molecule has 0 atom stereocenters. The molecule has 0 amide bonds. The lowest BCUT2D eigenvalue weighted by molar-refractivity contribution is 0.415. The molecular formula is C14H13N7O. The molecule has 0 spiro atoms. The summed E-state index contributed by atoms with van der Waals surface area (Å²) in [6.45, 7) is 0. The molecule has 4 rings (SSSR count). The summed E-state index contributed by atoms with van der Waals surface area (Å²) in [5.74, 6) is 2.04. The quantitative estimate of drug-likeness (QED) is 0.600. The molecule has 8 nitrogen and oxygen atoms in total. The van der Waals surface area contributed by atoms with Gasteiger partial charge in [0.1, 0.15) is 11.3 Å². The van der Waals surface area contributed by atoms with Gasteiger partial charge < -0.3 is 10.1 Å². The third-order valence-corrected chi connectivity index (χ3v) is 3.44. The zero-order valence-corrected chi connectivity index (χ0v) is 12.0. The van der Waals surface area contributed by atoms with Gasteiger partial charge in [0.05, 0.1) is 18.8 Å². The molecule has 0 fully saturated rings. The predicted molar refractivity (Wildman–Crippen MR) is 82.2 cm³/mol. The van der Waals surface area contributed by atoms with E-state index in [9.17, 15) is 0 Å². The summed E-state index contributed by atoms with van der Waals surface area (Å²) < 4.78 is 5.28. The number of methoxy groups -OCH3 is 1. The highest BCUT2D eigenvalue weighted by molar-refractivity contribution is 6.09. The molecule has 4 aromatic rings. The molecule has 0 aliphatic rings. The number of anilines is 2. The third kappa shape index (κ3) is 1.93. The van der Waals surface area contributed by atoms with Crippen molar-refractivity contribution >= 4 is 33.4 Å². The fraction of sp³-hybridized carbons (Fsp3) is 0.143. The molecule has 0 radical (unpaired) electrons. The Morgan fingerprint density at radius 3 is 2.95 bits per heavy atom. The maximum Gasteiger partial charge on any atom is 0.174 e. The molecule has 0 saturated carbocycles. The molecule has 0 aliphatic heterocycles. The van der Waals surface area contributed by atoms with Gasteiger partial charge >= 0.3 is 0 Å². The number of H-pyrrole nitrogens is 1. The van der Waals surface area contributed by atoms with Crippen LogP contribution in [0.3, 0.4) is 0 Å². The lowest BCUT2D eigenvalue weighted by Crippen LogP contribution is -1.98. The summed E-state index contributed by atoms with van der Waals surface area (Å²) in [6, 6.07) is 5.75. The molecule has 0 bridgehead atoms. The minimum atomic E-state index is 0.618. The van der Waals surface area contributed by atoms with E-state index in [0.29, 0.717) is 11.6 Å². The van der Waals surface area contributed by atoms with E-state index in [2.05, 4.69) is 30.7 Å². The Morgan fingerprint density at radius 2 is 2.18 bits per heavy atom. The first-order chi connectivity index (χ1) is 10.7. The molecule has 0 aliphatic carbocycles. The third-order valence-electron chi connectivity index (χ3n) is 3.44. The van der Waals surface area contributed by atoms with E-state index in [0.717, 1.165) is 27.6 Å². The largest absolute Gasteiger partial charge is 0.497 e. The van der Waals surface area contributed by atoms with Crippen LogP contribution in [-0.2, 0) is 7.05 Å². The minimum absolute atomic E-state index is 0.618. The van der Waals surface area contributed by atoms with Crippen molar-refractivity contribution in [2.45, 2.75) is 0 Å². The van der Waals surface area contributed by atoms with Crippen molar-refractivity contribution in [2.24, 2.45) is 7.05 Å². The van der Waals surface area contributed by atoms with Gasteiger partial charge in [0.15, 0.2) is 11.6 Å². The fourth-order valence-corrected chi connectivity index (χ4v) is 2.42. The van der Waals surface area contributed by atoms with Gasteiger partial charge in [-0.2, -0.15) is 15.0 Å². The normalized spacial score (nSPS) is 11.2. The van der Waals surface area contributed by atoms with E-state index in [1.807, 2.05) is 24.4 Å². The van der Waals surface area contributed by atoms with Crippen LogP contribution in [0.2, 0.25) is 0 Å². The Balaban J connectivity index is 1.92. The number of hydrogen-bond donors (Lipinski definition) is 2. The van der Waals surface area contributed by atoms with E-state index in [1.54, 1.807) is 20.4 Å². The standard InChI is InChI=1S/C14H13N7O/c1-21-16-7-12(20-21)18-14-13-10(6-15-19-13)9-5-8(22-2)3-4-11(9)17-14/h3-7H,1-2H3,(H,15,19)(H,17,18,20). The van der Waals surface area contributed by atoms with Crippen LogP contribution in [0.5, 0.6) is 5.75 Å². The van der Waals surface area contributed by atoms with Gasteiger partial charge in [0, 0.05) is 24.0 Å². The number of aromatic amines is 1. The van der Waals surface area contributed by atoms with Crippen molar-refractivity contribution in [3.05, 3.63) is 30.6 Å². The zero-order chi connectivity index (χ0) is 15.1. The SMILES string of the molecule is COc1ccc2nc(Nc3cnn(C)n3)c3n[nH]cc3c2c1. The Bertz CT molecular complexity index is 972. The molecule has 0 unspecified atom stereocenters. The van der Waals surface area contributed by atoms with Gasteiger partial charge in [0.25, 0.3) is 0 Å². The van der Waals surface area contributed by atoms with Crippen LogP contribution in [0.15, 0.2) is 30.6 Å². The number of fused-ring (bicyclic) bond motifs is 3. The molecule has 3 aromatic heterocycles. The van der Waals surface area contributed by atoms with Gasteiger partial charge in [0.2, 0.25) is 0 Å². The summed E-state index contributed by atoms with van der Waals surface area (Å²) >= 11 is 0. The van der Waals surface area contributed by atoms with E-state index >= 15 is 0 Å². The van der Waals surface area contributed by atoms with Gasteiger partial charge in [-0.25, -0.2) is 4.98 Å².